The number of carbonyl (C=O) groups excluding carboxylic acids is 1. The van der Waals surface area contributed by atoms with Crippen molar-refractivity contribution in [3.63, 3.8) is 0 Å². The maximum absolute atomic E-state index is 12.1. The summed E-state index contributed by atoms with van der Waals surface area (Å²) in [5, 5.41) is 8.78. The Hall–Kier alpha value is -1.43. The van der Waals surface area contributed by atoms with Crippen LogP contribution in [-0.4, -0.2) is 40.0 Å². The third-order valence-electron chi connectivity index (χ3n) is 2.28. The van der Waals surface area contributed by atoms with Gasteiger partial charge >= 0.3 is 5.97 Å². The third kappa shape index (κ3) is 3.52. The van der Waals surface area contributed by atoms with Crippen molar-refractivity contribution in [2.75, 3.05) is 13.1 Å². The number of aryl methyl sites for hydroxylation is 1. The van der Waals surface area contributed by atoms with Gasteiger partial charge in [0.25, 0.3) is 5.91 Å². The quantitative estimate of drug-likeness (QED) is 0.840. The molecule has 1 heterocycles. The Morgan fingerprint density at radius 1 is 1.47 bits per heavy atom. The number of hydrogen-bond acceptors (Lipinski definition) is 4. The van der Waals surface area contributed by atoms with Crippen LogP contribution < -0.4 is 0 Å². The second kappa shape index (κ2) is 6.34. The van der Waals surface area contributed by atoms with E-state index in [9.17, 15) is 9.59 Å². The van der Waals surface area contributed by atoms with Crippen LogP contribution in [0.15, 0.2) is 5.51 Å². The van der Waals surface area contributed by atoms with Crippen LogP contribution in [0.5, 0.6) is 0 Å². The number of thiazole rings is 1. The first kappa shape index (κ1) is 13.6. The molecule has 0 radical (unpaired) electrons. The Balaban J connectivity index is 2.87. The number of carbonyl (C=O) groups is 2. The van der Waals surface area contributed by atoms with Gasteiger partial charge in [0.15, 0.2) is 0 Å². The van der Waals surface area contributed by atoms with Crippen LogP contribution in [-0.2, 0) is 11.2 Å². The maximum Gasteiger partial charge on any atom is 0.323 e. The van der Waals surface area contributed by atoms with Crippen LogP contribution in [0, 0.1) is 0 Å². The van der Waals surface area contributed by atoms with Crippen molar-refractivity contribution in [3.8, 4) is 0 Å². The maximum atomic E-state index is 12.1. The normalized spacial score (nSPS) is 10.2. The van der Waals surface area contributed by atoms with Crippen molar-refractivity contribution >= 4 is 23.2 Å². The number of carboxylic acid groups (broad SMARTS) is 1. The van der Waals surface area contributed by atoms with Gasteiger partial charge in [-0.1, -0.05) is 13.8 Å². The number of carboxylic acids is 1. The van der Waals surface area contributed by atoms with Gasteiger partial charge in [-0.3, -0.25) is 9.59 Å². The molecule has 1 aromatic rings. The zero-order chi connectivity index (χ0) is 12.8. The Morgan fingerprint density at radius 3 is 2.71 bits per heavy atom. The monoisotopic (exact) mass is 256 g/mol. The van der Waals surface area contributed by atoms with Crippen molar-refractivity contribution in [1.82, 2.24) is 9.88 Å². The summed E-state index contributed by atoms with van der Waals surface area (Å²) in [5.41, 5.74) is 2.36. The SMILES string of the molecule is CCCN(CC(=O)O)C(=O)c1scnc1CC. The van der Waals surface area contributed by atoms with Gasteiger partial charge in [0.1, 0.15) is 11.4 Å². The fourth-order valence-electron chi connectivity index (χ4n) is 1.52. The van der Waals surface area contributed by atoms with E-state index in [1.807, 2.05) is 13.8 Å². The van der Waals surface area contributed by atoms with Gasteiger partial charge in [-0.05, 0) is 12.8 Å². The van der Waals surface area contributed by atoms with Crippen molar-refractivity contribution in [2.24, 2.45) is 0 Å². The Bertz CT molecular complexity index is 403. The second-order valence-corrected chi connectivity index (χ2v) is 4.46. The summed E-state index contributed by atoms with van der Waals surface area (Å²) in [7, 11) is 0. The van der Waals surface area contributed by atoms with E-state index in [0.717, 1.165) is 12.1 Å². The molecule has 0 fully saturated rings. The molecule has 5 nitrogen and oxygen atoms in total. The molecule has 0 bridgehead atoms. The molecule has 1 aromatic heterocycles. The minimum Gasteiger partial charge on any atom is -0.480 e. The highest BCUT2D eigenvalue weighted by molar-refractivity contribution is 7.11. The van der Waals surface area contributed by atoms with E-state index in [-0.39, 0.29) is 12.5 Å². The van der Waals surface area contributed by atoms with Crippen molar-refractivity contribution in [2.45, 2.75) is 26.7 Å². The first-order valence-corrected chi connectivity index (χ1v) is 6.41. The molecule has 1 N–H and O–H groups in total. The summed E-state index contributed by atoms with van der Waals surface area (Å²) in [6.45, 7) is 4.03. The van der Waals surface area contributed by atoms with E-state index >= 15 is 0 Å². The first-order chi connectivity index (χ1) is 8.10. The zero-order valence-electron chi connectivity index (χ0n) is 9.97. The molecule has 0 unspecified atom stereocenters. The molecule has 0 atom stereocenters. The Labute approximate surface area is 104 Å². The molecule has 17 heavy (non-hydrogen) atoms. The number of aliphatic carboxylic acids is 1. The lowest BCUT2D eigenvalue weighted by atomic mass is 10.2. The van der Waals surface area contributed by atoms with Crippen LogP contribution in [0.1, 0.15) is 35.6 Å². The van der Waals surface area contributed by atoms with E-state index in [4.69, 9.17) is 5.11 Å². The third-order valence-corrected chi connectivity index (χ3v) is 3.13. The van der Waals surface area contributed by atoms with Gasteiger partial charge in [-0.25, -0.2) is 4.98 Å². The molecule has 0 aromatic carbocycles. The highest BCUT2D eigenvalue weighted by Crippen LogP contribution is 2.16. The first-order valence-electron chi connectivity index (χ1n) is 5.53. The topological polar surface area (TPSA) is 70.5 Å². The van der Waals surface area contributed by atoms with Crippen LogP contribution >= 0.6 is 11.3 Å². The molecule has 0 spiro atoms. The van der Waals surface area contributed by atoms with Gasteiger partial charge in [0.2, 0.25) is 0 Å². The number of aromatic nitrogens is 1. The van der Waals surface area contributed by atoms with E-state index in [1.54, 1.807) is 5.51 Å². The number of amides is 1. The predicted octanol–water partition coefficient (Wildman–Crippen LogP) is 1.64. The summed E-state index contributed by atoms with van der Waals surface area (Å²) in [6.07, 6.45) is 1.41. The predicted molar refractivity (Wildman–Crippen MR) is 65.3 cm³/mol. The number of hydrogen-bond donors (Lipinski definition) is 1. The summed E-state index contributed by atoms with van der Waals surface area (Å²) in [4.78, 5) is 28.9. The summed E-state index contributed by atoms with van der Waals surface area (Å²) < 4.78 is 0. The average Bonchev–Trinajstić information content (AvgIpc) is 2.74. The molecule has 0 aliphatic carbocycles. The smallest absolute Gasteiger partial charge is 0.323 e. The van der Waals surface area contributed by atoms with Crippen molar-refractivity contribution < 1.29 is 14.7 Å². The van der Waals surface area contributed by atoms with Gasteiger partial charge < -0.3 is 10.0 Å². The number of rotatable bonds is 6. The van der Waals surface area contributed by atoms with Gasteiger partial charge in [-0.2, -0.15) is 0 Å². The van der Waals surface area contributed by atoms with Crippen molar-refractivity contribution in [3.05, 3.63) is 16.1 Å². The highest BCUT2D eigenvalue weighted by Gasteiger charge is 2.21. The zero-order valence-corrected chi connectivity index (χ0v) is 10.8. The van der Waals surface area contributed by atoms with Gasteiger partial charge in [0.05, 0.1) is 11.2 Å². The molecule has 0 saturated heterocycles. The van der Waals surface area contributed by atoms with E-state index < -0.39 is 5.97 Å². The molecule has 1 amide bonds. The summed E-state index contributed by atoms with van der Waals surface area (Å²) >= 11 is 1.27. The second-order valence-electron chi connectivity index (χ2n) is 3.60. The standard InChI is InChI=1S/C11H16N2O3S/c1-3-5-13(6-9(14)15)11(16)10-8(4-2)12-7-17-10/h7H,3-6H2,1-2H3,(H,14,15). The fourth-order valence-corrected chi connectivity index (χ4v) is 2.37. The molecular weight excluding hydrogens is 240 g/mol. The summed E-state index contributed by atoms with van der Waals surface area (Å²) in [6, 6.07) is 0. The Kier molecular flexibility index (Phi) is 5.09. The van der Waals surface area contributed by atoms with E-state index in [0.29, 0.717) is 17.8 Å². The Morgan fingerprint density at radius 2 is 2.18 bits per heavy atom. The lowest BCUT2D eigenvalue weighted by Gasteiger charge is -2.19. The lowest BCUT2D eigenvalue weighted by Crippen LogP contribution is -2.36. The van der Waals surface area contributed by atoms with E-state index in [1.165, 1.54) is 16.2 Å². The minimum atomic E-state index is -0.991. The van der Waals surface area contributed by atoms with Crippen LogP contribution in [0.3, 0.4) is 0 Å². The van der Waals surface area contributed by atoms with Crippen LogP contribution in [0.2, 0.25) is 0 Å². The van der Waals surface area contributed by atoms with Crippen LogP contribution in [0.4, 0.5) is 0 Å². The molecule has 0 aliphatic heterocycles. The average molecular weight is 256 g/mol. The molecule has 0 aliphatic rings. The van der Waals surface area contributed by atoms with E-state index in [2.05, 4.69) is 4.98 Å². The van der Waals surface area contributed by atoms with Crippen molar-refractivity contribution in [1.29, 1.82) is 0 Å². The fraction of sp³-hybridized carbons (Fsp3) is 0.545. The number of nitrogens with zero attached hydrogens (tertiary/aromatic N) is 2. The lowest BCUT2D eigenvalue weighted by molar-refractivity contribution is -0.137. The van der Waals surface area contributed by atoms with Gasteiger partial charge in [0, 0.05) is 6.54 Å². The largest absolute Gasteiger partial charge is 0.480 e. The molecule has 1 rings (SSSR count). The molecule has 94 valence electrons. The molecular formula is C11H16N2O3S. The minimum absolute atomic E-state index is 0.228. The summed E-state index contributed by atoms with van der Waals surface area (Å²) in [5.74, 6) is -1.22. The molecule has 0 saturated carbocycles. The molecule has 6 heteroatoms. The van der Waals surface area contributed by atoms with Gasteiger partial charge in [-0.15, -0.1) is 11.3 Å². The van der Waals surface area contributed by atoms with Crippen LogP contribution in [0.25, 0.3) is 0 Å². The highest BCUT2D eigenvalue weighted by atomic mass is 32.1.